The molecule has 0 saturated heterocycles. The molecule has 2 aromatic rings. The molecule has 1 aromatic carbocycles. The summed E-state index contributed by atoms with van der Waals surface area (Å²) in [6.45, 7) is 1.71. The molecule has 1 heterocycles. The van der Waals surface area contributed by atoms with Gasteiger partial charge in [-0.2, -0.15) is 5.10 Å². The van der Waals surface area contributed by atoms with Crippen molar-refractivity contribution in [1.29, 1.82) is 0 Å². The fourth-order valence-corrected chi connectivity index (χ4v) is 1.64. The Hall–Kier alpha value is -2.37. The fraction of sp³-hybridized carbons (Fsp3) is 0.182. The van der Waals surface area contributed by atoms with Crippen LogP contribution in [0.25, 0.3) is 0 Å². The second kappa shape index (κ2) is 4.25. The Kier molecular flexibility index (Phi) is 2.78. The number of anilines is 2. The van der Waals surface area contributed by atoms with E-state index in [2.05, 4.69) is 10.4 Å². The minimum absolute atomic E-state index is 0.0938. The van der Waals surface area contributed by atoms with Crippen LogP contribution in [0.4, 0.5) is 17.1 Å². The molecule has 6 heteroatoms. The van der Waals surface area contributed by atoms with E-state index in [-0.39, 0.29) is 10.6 Å². The molecule has 0 fully saturated rings. The predicted molar refractivity (Wildman–Crippen MR) is 64.3 cm³/mol. The number of aromatic nitrogens is 2. The summed E-state index contributed by atoms with van der Waals surface area (Å²) >= 11 is 0. The van der Waals surface area contributed by atoms with Crippen LogP contribution in [-0.4, -0.2) is 14.7 Å². The summed E-state index contributed by atoms with van der Waals surface area (Å²) in [4.78, 5) is 10.6. The van der Waals surface area contributed by atoms with E-state index in [1.54, 1.807) is 49.2 Å². The van der Waals surface area contributed by atoms with E-state index in [4.69, 9.17) is 0 Å². The molecule has 0 saturated carbocycles. The lowest BCUT2D eigenvalue weighted by Crippen LogP contribution is -1.98. The maximum Gasteiger partial charge on any atom is 0.295 e. The summed E-state index contributed by atoms with van der Waals surface area (Å²) in [7, 11) is 1.79. The van der Waals surface area contributed by atoms with Crippen LogP contribution in [0.3, 0.4) is 0 Å². The molecule has 0 bridgehead atoms. The SMILES string of the molecule is Cc1cccc(Nc2cnn(C)c2)c1[N+](=O)[O-]. The molecule has 0 aliphatic rings. The molecule has 0 aliphatic heterocycles. The Labute approximate surface area is 98.0 Å². The van der Waals surface area contributed by atoms with Crippen LogP contribution in [0.2, 0.25) is 0 Å². The summed E-state index contributed by atoms with van der Waals surface area (Å²) in [5.74, 6) is 0. The van der Waals surface area contributed by atoms with Gasteiger partial charge >= 0.3 is 0 Å². The first-order chi connectivity index (χ1) is 8.08. The Morgan fingerprint density at radius 3 is 2.82 bits per heavy atom. The number of rotatable bonds is 3. The molecule has 1 aromatic heterocycles. The van der Waals surface area contributed by atoms with Crippen LogP contribution < -0.4 is 5.32 Å². The Morgan fingerprint density at radius 2 is 2.24 bits per heavy atom. The maximum atomic E-state index is 11.0. The smallest absolute Gasteiger partial charge is 0.295 e. The highest BCUT2D eigenvalue weighted by Gasteiger charge is 2.16. The van der Waals surface area contributed by atoms with Crippen molar-refractivity contribution in [2.75, 3.05) is 5.32 Å². The molecule has 1 N–H and O–H groups in total. The number of aryl methyl sites for hydroxylation is 2. The molecule has 2 rings (SSSR count). The Bertz CT molecular complexity index is 562. The van der Waals surface area contributed by atoms with Gasteiger partial charge in [0.1, 0.15) is 5.69 Å². The lowest BCUT2D eigenvalue weighted by molar-refractivity contribution is -0.384. The van der Waals surface area contributed by atoms with E-state index in [0.29, 0.717) is 11.3 Å². The van der Waals surface area contributed by atoms with Crippen LogP contribution in [0, 0.1) is 17.0 Å². The highest BCUT2D eigenvalue weighted by molar-refractivity contribution is 5.71. The zero-order chi connectivity index (χ0) is 12.4. The van der Waals surface area contributed by atoms with E-state index in [0.717, 1.165) is 5.69 Å². The average Bonchev–Trinajstić information content (AvgIpc) is 2.63. The number of benzene rings is 1. The number of nitro groups is 1. The molecule has 0 aliphatic carbocycles. The number of nitrogens with zero attached hydrogens (tertiary/aromatic N) is 3. The maximum absolute atomic E-state index is 11.0. The van der Waals surface area contributed by atoms with Gasteiger partial charge in [-0.15, -0.1) is 0 Å². The normalized spacial score (nSPS) is 10.2. The quantitative estimate of drug-likeness (QED) is 0.651. The van der Waals surface area contributed by atoms with Gasteiger partial charge in [-0.25, -0.2) is 0 Å². The number of hydrogen-bond donors (Lipinski definition) is 1. The number of hydrogen-bond acceptors (Lipinski definition) is 4. The average molecular weight is 232 g/mol. The first-order valence-corrected chi connectivity index (χ1v) is 5.07. The van der Waals surface area contributed by atoms with E-state index in [1.165, 1.54) is 0 Å². The van der Waals surface area contributed by atoms with Crippen LogP contribution in [0.5, 0.6) is 0 Å². The lowest BCUT2D eigenvalue weighted by atomic mass is 10.1. The van der Waals surface area contributed by atoms with Gasteiger partial charge in [0.2, 0.25) is 0 Å². The van der Waals surface area contributed by atoms with Crippen molar-refractivity contribution in [3.05, 3.63) is 46.3 Å². The van der Waals surface area contributed by atoms with Gasteiger partial charge in [-0.05, 0) is 13.0 Å². The van der Waals surface area contributed by atoms with E-state index < -0.39 is 0 Å². The summed E-state index contributed by atoms with van der Waals surface area (Å²) in [6, 6.07) is 5.17. The Morgan fingerprint density at radius 1 is 1.47 bits per heavy atom. The molecular formula is C11H12N4O2. The van der Waals surface area contributed by atoms with Crippen molar-refractivity contribution in [3.63, 3.8) is 0 Å². The van der Waals surface area contributed by atoms with Gasteiger partial charge in [-0.3, -0.25) is 14.8 Å². The van der Waals surface area contributed by atoms with Gasteiger partial charge in [0.05, 0.1) is 16.8 Å². The molecule has 17 heavy (non-hydrogen) atoms. The zero-order valence-corrected chi connectivity index (χ0v) is 9.54. The predicted octanol–water partition coefficient (Wildman–Crippen LogP) is 2.38. The van der Waals surface area contributed by atoms with E-state index >= 15 is 0 Å². The highest BCUT2D eigenvalue weighted by atomic mass is 16.6. The molecule has 0 atom stereocenters. The molecule has 6 nitrogen and oxygen atoms in total. The highest BCUT2D eigenvalue weighted by Crippen LogP contribution is 2.30. The van der Waals surface area contributed by atoms with Crippen molar-refractivity contribution in [1.82, 2.24) is 9.78 Å². The first kappa shape index (κ1) is 11.1. The van der Waals surface area contributed by atoms with Gasteiger partial charge in [0.15, 0.2) is 0 Å². The number of nitrogens with one attached hydrogen (secondary N) is 1. The molecule has 0 unspecified atom stereocenters. The number of para-hydroxylation sites is 1. The van der Waals surface area contributed by atoms with Gasteiger partial charge in [0, 0.05) is 18.8 Å². The van der Waals surface area contributed by atoms with Crippen LogP contribution in [0.15, 0.2) is 30.6 Å². The van der Waals surface area contributed by atoms with Crippen molar-refractivity contribution in [3.8, 4) is 0 Å². The topological polar surface area (TPSA) is 73.0 Å². The third-order valence-electron chi connectivity index (χ3n) is 2.40. The summed E-state index contributed by atoms with van der Waals surface area (Å²) < 4.78 is 1.63. The lowest BCUT2D eigenvalue weighted by Gasteiger charge is -2.06. The molecular weight excluding hydrogens is 220 g/mol. The molecule has 88 valence electrons. The van der Waals surface area contributed by atoms with E-state index in [9.17, 15) is 10.1 Å². The van der Waals surface area contributed by atoms with Gasteiger partial charge in [0.25, 0.3) is 5.69 Å². The van der Waals surface area contributed by atoms with Crippen LogP contribution in [-0.2, 0) is 7.05 Å². The largest absolute Gasteiger partial charge is 0.347 e. The third kappa shape index (κ3) is 2.25. The third-order valence-corrected chi connectivity index (χ3v) is 2.40. The second-order valence-corrected chi connectivity index (χ2v) is 3.76. The minimum atomic E-state index is -0.381. The van der Waals surface area contributed by atoms with Crippen LogP contribution in [0.1, 0.15) is 5.56 Å². The fourth-order valence-electron chi connectivity index (χ4n) is 1.64. The van der Waals surface area contributed by atoms with Crippen molar-refractivity contribution in [2.24, 2.45) is 7.05 Å². The van der Waals surface area contributed by atoms with Crippen molar-refractivity contribution < 1.29 is 4.92 Å². The van der Waals surface area contributed by atoms with Crippen LogP contribution >= 0.6 is 0 Å². The Balaban J connectivity index is 2.39. The van der Waals surface area contributed by atoms with Gasteiger partial charge < -0.3 is 5.32 Å². The summed E-state index contributed by atoms with van der Waals surface area (Å²) in [5, 5.41) is 18.0. The minimum Gasteiger partial charge on any atom is -0.347 e. The monoisotopic (exact) mass is 232 g/mol. The zero-order valence-electron chi connectivity index (χ0n) is 9.54. The number of nitro benzene ring substituents is 1. The molecule has 0 spiro atoms. The van der Waals surface area contributed by atoms with Crippen molar-refractivity contribution in [2.45, 2.75) is 6.92 Å². The second-order valence-electron chi connectivity index (χ2n) is 3.76. The van der Waals surface area contributed by atoms with Crippen molar-refractivity contribution >= 4 is 17.1 Å². The van der Waals surface area contributed by atoms with Gasteiger partial charge in [-0.1, -0.05) is 12.1 Å². The van der Waals surface area contributed by atoms with E-state index in [1.807, 2.05) is 0 Å². The molecule has 0 radical (unpaired) electrons. The molecule has 0 amide bonds. The summed E-state index contributed by atoms with van der Waals surface area (Å²) in [6.07, 6.45) is 3.37. The first-order valence-electron chi connectivity index (χ1n) is 5.07. The standard InChI is InChI=1S/C11H12N4O2/c1-8-4-3-5-10(11(8)15(16)17)13-9-6-12-14(2)7-9/h3-7,13H,1-2H3. The summed E-state index contributed by atoms with van der Waals surface area (Å²) in [5.41, 5.74) is 1.92.